The van der Waals surface area contributed by atoms with Gasteiger partial charge in [0.1, 0.15) is 0 Å². The molecule has 1 saturated heterocycles. The molecule has 1 aliphatic rings. The molecule has 140 valence electrons. The average molecular weight is 377 g/mol. The number of nitrogens with zero attached hydrogens (tertiary/aromatic N) is 4. The fourth-order valence-corrected chi connectivity index (χ4v) is 4.10. The Kier molecular flexibility index (Phi) is 6.03. The van der Waals surface area contributed by atoms with Crippen LogP contribution >= 0.6 is 11.3 Å². The number of guanidine groups is 1. The van der Waals surface area contributed by atoms with Crippen LogP contribution in [0.2, 0.25) is 0 Å². The van der Waals surface area contributed by atoms with Crippen LogP contribution in [0.5, 0.6) is 0 Å². The van der Waals surface area contributed by atoms with Gasteiger partial charge in [0, 0.05) is 50.2 Å². The van der Waals surface area contributed by atoms with E-state index in [-0.39, 0.29) is 11.9 Å². The first kappa shape index (κ1) is 18.6. The highest BCUT2D eigenvalue weighted by atomic mass is 32.1. The Bertz CT molecular complexity index is 775. The summed E-state index contributed by atoms with van der Waals surface area (Å²) in [4.78, 5) is 16.2. The topological polar surface area (TPSA) is 65.4 Å². The van der Waals surface area contributed by atoms with Crippen LogP contribution in [0.4, 0.5) is 10.2 Å². The quantitative estimate of drug-likeness (QED) is 0.619. The summed E-state index contributed by atoms with van der Waals surface area (Å²) < 4.78 is 13.9. The lowest BCUT2D eigenvalue weighted by Crippen LogP contribution is -2.45. The minimum absolute atomic E-state index is 0.218. The summed E-state index contributed by atoms with van der Waals surface area (Å²) in [6, 6.07) is 3.28. The monoisotopic (exact) mass is 376 g/mol. The van der Waals surface area contributed by atoms with Crippen LogP contribution < -0.4 is 15.5 Å². The van der Waals surface area contributed by atoms with E-state index >= 15 is 0 Å². The Balaban J connectivity index is 1.48. The fourth-order valence-electron chi connectivity index (χ4n) is 3.17. The van der Waals surface area contributed by atoms with Crippen LogP contribution in [-0.2, 0) is 6.42 Å². The minimum atomic E-state index is -0.272. The lowest BCUT2D eigenvalue weighted by molar-refractivity contribution is 0.612. The summed E-state index contributed by atoms with van der Waals surface area (Å²) in [5, 5.41) is 7.89. The van der Waals surface area contributed by atoms with Gasteiger partial charge in [-0.1, -0.05) is 0 Å². The van der Waals surface area contributed by atoms with E-state index in [1.54, 1.807) is 30.6 Å². The zero-order valence-corrected chi connectivity index (χ0v) is 16.2. The van der Waals surface area contributed by atoms with E-state index in [2.05, 4.69) is 32.5 Å². The standard InChI is InChI=1S/C18H25FN6S/c1-12-16(26-13(2)23-12)6-9-22-18(20-3)24-14-7-10-25(11-14)17-15(19)5-4-8-21-17/h4-5,8,14H,6-7,9-11H2,1-3H3,(H2,20,22,24). The van der Waals surface area contributed by atoms with Crippen molar-refractivity contribution in [3.05, 3.63) is 39.7 Å². The molecule has 6 nitrogen and oxygen atoms in total. The highest BCUT2D eigenvalue weighted by molar-refractivity contribution is 7.11. The Morgan fingerprint density at radius 1 is 1.46 bits per heavy atom. The second kappa shape index (κ2) is 8.44. The number of thiazole rings is 1. The third-order valence-electron chi connectivity index (χ3n) is 4.44. The molecule has 8 heteroatoms. The van der Waals surface area contributed by atoms with Crippen LogP contribution in [0.15, 0.2) is 23.3 Å². The SMILES string of the molecule is CN=C(NCCc1sc(C)nc1C)NC1CCN(c2ncccc2F)C1. The molecule has 3 heterocycles. The van der Waals surface area contributed by atoms with Gasteiger partial charge in [-0.2, -0.15) is 0 Å². The molecule has 0 radical (unpaired) electrons. The molecule has 2 N–H and O–H groups in total. The molecular formula is C18H25FN6S. The number of rotatable bonds is 5. The molecular weight excluding hydrogens is 351 g/mol. The van der Waals surface area contributed by atoms with Gasteiger partial charge in [-0.05, 0) is 32.4 Å². The van der Waals surface area contributed by atoms with Crippen molar-refractivity contribution in [2.45, 2.75) is 32.7 Å². The van der Waals surface area contributed by atoms with Gasteiger partial charge in [-0.25, -0.2) is 14.4 Å². The van der Waals surface area contributed by atoms with Gasteiger partial charge in [-0.15, -0.1) is 11.3 Å². The van der Waals surface area contributed by atoms with Crippen LogP contribution in [-0.4, -0.2) is 48.7 Å². The predicted molar refractivity (Wildman–Crippen MR) is 105 cm³/mol. The summed E-state index contributed by atoms with van der Waals surface area (Å²) >= 11 is 1.75. The second-order valence-electron chi connectivity index (χ2n) is 6.38. The lowest BCUT2D eigenvalue weighted by atomic mass is 10.2. The molecule has 1 unspecified atom stereocenters. The fraction of sp³-hybridized carbons (Fsp3) is 0.500. The van der Waals surface area contributed by atoms with Crippen LogP contribution in [0.1, 0.15) is 22.0 Å². The first-order valence-electron chi connectivity index (χ1n) is 8.82. The van der Waals surface area contributed by atoms with Gasteiger partial charge in [0.2, 0.25) is 0 Å². The third kappa shape index (κ3) is 4.49. The number of nitrogens with one attached hydrogen (secondary N) is 2. The molecule has 0 aromatic carbocycles. The number of aryl methyl sites for hydroxylation is 2. The van der Waals surface area contributed by atoms with E-state index in [0.29, 0.717) is 12.4 Å². The number of hydrogen-bond acceptors (Lipinski definition) is 5. The molecule has 2 aromatic rings. The number of anilines is 1. The van der Waals surface area contributed by atoms with Crippen LogP contribution in [0, 0.1) is 19.7 Å². The molecule has 3 rings (SSSR count). The smallest absolute Gasteiger partial charge is 0.191 e. The van der Waals surface area contributed by atoms with Crippen molar-refractivity contribution in [3.63, 3.8) is 0 Å². The van der Waals surface area contributed by atoms with Crippen LogP contribution in [0.25, 0.3) is 0 Å². The normalized spacial score (nSPS) is 17.6. The Hall–Kier alpha value is -2.22. The van der Waals surface area contributed by atoms with Crippen LogP contribution in [0.3, 0.4) is 0 Å². The summed E-state index contributed by atoms with van der Waals surface area (Å²) in [6.07, 6.45) is 3.47. The highest BCUT2D eigenvalue weighted by Crippen LogP contribution is 2.21. The van der Waals surface area contributed by atoms with Crippen molar-refractivity contribution >= 4 is 23.1 Å². The second-order valence-corrected chi connectivity index (χ2v) is 7.66. The van der Waals surface area contributed by atoms with E-state index in [1.807, 2.05) is 11.8 Å². The predicted octanol–water partition coefficient (Wildman–Crippen LogP) is 2.28. The summed E-state index contributed by atoms with van der Waals surface area (Å²) in [6.45, 7) is 6.37. The molecule has 26 heavy (non-hydrogen) atoms. The van der Waals surface area contributed by atoms with Gasteiger partial charge in [-0.3, -0.25) is 4.99 Å². The van der Waals surface area contributed by atoms with Crippen molar-refractivity contribution in [1.82, 2.24) is 20.6 Å². The molecule has 1 fully saturated rings. The largest absolute Gasteiger partial charge is 0.356 e. The van der Waals surface area contributed by atoms with E-state index in [1.165, 1.54) is 10.9 Å². The van der Waals surface area contributed by atoms with E-state index < -0.39 is 0 Å². The summed E-state index contributed by atoms with van der Waals surface area (Å²) in [7, 11) is 1.77. The molecule has 0 amide bonds. The van der Waals surface area contributed by atoms with Crippen molar-refractivity contribution < 1.29 is 4.39 Å². The Morgan fingerprint density at radius 2 is 2.31 bits per heavy atom. The number of hydrogen-bond donors (Lipinski definition) is 2. The molecule has 1 aliphatic heterocycles. The van der Waals surface area contributed by atoms with Gasteiger partial charge in [0.15, 0.2) is 17.6 Å². The summed E-state index contributed by atoms with van der Waals surface area (Å²) in [5.74, 6) is 0.930. The number of aromatic nitrogens is 2. The van der Waals surface area contributed by atoms with Gasteiger partial charge in [0.05, 0.1) is 10.7 Å². The van der Waals surface area contributed by atoms with Gasteiger partial charge < -0.3 is 15.5 Å². The maximum atomic E-state index is 13.9. The first-order valence-corrected chi connectivity index (χ1v) is 9.64. The Labute approximate surface area is 157 Å². The zero-order valence-electron chi connectivity index (χ0n) is 15.4. The molecule has 2 aromatic heterocycles. The van der Waals surface area contributed by atoms with Gasteiger partial charge in [0.25, 0.3) is 0 Å². The zero-order chi connectivity index (χ0) is 18.5. The van der Waals surface area contributed by atoms with Crippen molar-refractivity contribution in [2.75, 3.05) is 31.6 Å². The van der Waals surface area contributed by atoms with E-state index in [9.17, 15) is 4.39 Å². The van der Waals surface area contributed by atoms with Crippen molar-refractivity contribution in [1.29, 1.82) is 0 Å². The first-order chi connectivity index (χ1) is 12.6. The van der Waals surface area contributed by atoms with Gasteiger partial charge >= 0.3 is 0 Å². The molecule has 0 bridgehead atoms. The third-order valence-corrected chi connectivity index (χ3v) is 5.57. The molecule has 0 saturated carbocycles. The Morgan fingerprint density at radius 3 is 3.00 bits per heavy atom. The van der Waals surface area contributed by atoms with Crippen molar-refractivity contribution in [3.8, 4) is 0 Å². The number of aliphatic imine (C=N–C) groups is 1. The van der Waals surface area contributed by atoms with Crippen molar-refractivity contribution in [2.24, 2.45) is 4.99 Å². The minimum Gasteiger partial charge on any atom is -0.356 e. The van der Waals surface area contributed by atoms with E-state index in [4.69, 9.17) is 0 Å². The molecule has 0 spiro atoms. The molecule has 0 aliphatic carbocycles. The van der Waals surface area contributed by atoms with E-state index in [0.717, 1.165) is 42.6 Å². The maximum Gasteiger partial charge on any atom is 0.191 e. The number of halogens is 1. The number of pyridine rings is 1. The molecule has 1 atom stereocenters. The lowest BCUT2D eigenvalue weighted by Gasteiger charge is -2.19. The summed E-state index contributed by atoms with van der Waals surface area (Å²) in [5.41, 5.74) is 1.11. The highest BCUT2D eigenvalue weighted by Gasteiger charge is 2.25. The average Bonchev–Trinajstić information content (AvgIpc) is 3.20. The maximum absolute atomic E-state index is 13.9.